The van der Waals surface area contributed by atoms with Crippen molar-refractivity contribution in [3.05, 3.63) is 0 Å². The highest BCUT2D eigenvalue weighted by atomic mass is 19.4. The van der Waals surface area contributed by atoms with E-state index in [9.17, 15) is 13.2 Å². The summed E-state index contributed by atoms with van der Waals surface area (Å²) in [5.74, 6) is 0. The van der Waals surface area contributed by atoms with Crippen LogP contribution in [0.4, 0.5) is 13.2 Å². The Kier molecular flexibility index (Phi) is 1.87. The quantitative estimate of drug-likeness (QED) is 0.562. The van der Waals surface area contributed by atoms with Gasteiger partial charge in [-0.15, -0.1) is 0 Å². The molecule has 0 aromatic rings. The molecule has 10 heavy (non-hydrogen) atoms. The molecule has 1 aliphatic rings. The zero-order chi connectivity index (χ0) is 7.78. The predicted molar refractivity (Wildman–Crippen MR) is 26.3 cm³/mol. The van der Waals surface area contributed by atoms with Gasteiger partial charge in [0.15, 0.2) is 6.29 Å². The summed E-state index contributed by atoms with van der Waals surface area (Å²) in [5, 5.41) is 0. The van der Waals surface area contributed by atoms with Gasteiger partial charge in [-0.3, -0.25) is 0 Å². The number of rotatable bonds is 2. The number of hydrogen-bond acceptors (Lipinski definition) is 2. The molecule has 0 bridgehead atoms. The summed E-state index contributed by atoms with van der Waals surface area (Å²) in [6.07, 6.45) is -5.06. The van der Waals surface area contributed by atoms with E-state index in [1.807, 2.05) is 0 Å². The smallest absolute Gasteiger partial charge is 0.342 e. The molecule has 60 valence electrons. The first-order valence-electron chi connectivity index (χ1n) is 2.83. The molecule has 2 atom stereocenters. The fourth-order valence-electron chi connectivity index (χ4n) is 0.518. The SMILES string of the molecule is CC1OC1OCC(F)(F)F. The van der Waals surface area contributed by atoms with Crippen molar-refractivity contribution in [3.63, 3.8) is 0 Å². The van der Waals surface area contributed by atoms with Crippen LogP contribution in [0.2, 0.25) is 0 Å². The van der Waals surface area contributed by atoms with Crippen LogP contribution < -0.4 is 0 Å². The fourth-order valence-corrected chi connectivity index (χ4v) is 0.518. The van der Waals surface area contributed by atoms with E-state index < -0.39 is 19.1 Å². The van der Waals surface area contributed by atoms with Crippen molar-refractivity contribution in [2.75, 3.05) is 6.61 Å². The molecule has 1 fully saturated rings. The Morgan fingerprint density at radius 3 is 2.30 bits per heavy atom. The Labute approximate surface area is 55.9 Å². The van der Waals surface area contributed by atoms with Crippen LogP contribution in [-0.4, -0.2) is 25.2 Å². The Balaban J connectivity index is 2.06. The van der Waals surface area contributed by atoms with Crippen LogP contribution in [0, 0.1) is 0 Å². The molecular weight excluding hydrogens is 149 g/mol. The molecule has 1 aliphatic heterocycles. The third-order valence-electron chi connectivity index (χ3n) is 1.07. The van der Waals surface area contributed by atoms with Crippen LogP contribution in [0.1, 0.15) is 6.92 Å². The largest absolute Gasteiger partial charge is 0.411 e. The standard InChI is InChI=1S/C5H7F3O2/c1-3-4(10-3)9-2-5(6,7)8/h3-4H,2H2,1H3. The van der Waals surface area contributed by atoms with Crippen LogP contribution >= 0.6 is 0 Å². The molecule has 0 aromatic carbocycles. The van der Waals surface area contributed by atoms with E-state index in [0.29, 0.717) is 0 Å². The van der Waals surface area contributed by atoms with Crippen molar-refractivity contribution in [2.45, 2.75) is 25.5 Å². The average molecular weight is 156 g/mol. The second-order valence-electron chi connectivity index (χ2n) is 2.14. The summed E-state index contributed by atoms with van der Waals surface area (Å²) in [6, 6.07) is 0. The molecular formula is C5H7F3O2. The summed E-state index contributed by atoms with van der Waals surface area (Å²) in [5.41, 5.74) is 0. The molecule has 0 aliphatic carbocycles. The van der Waals surface area contributed by atoms with Crippen molar-refractivity contribution >= 4 is 0 Å². The number of alkyl halides is 3. The maximum atomic E-state index is 11.4. The minimum Gasteiger partial charge on any atom is -0.342 e. The van der Waals surface area contributed by atoms with Gasteiger partial charge >= 0.3 is 6.18 Å². The molecule has 1 saturated heterocycles. The van der Waals surface area contributed by atoms with Gasteiger partial charge in [-0.25, -0.2) is 0 Å². The molecule has 1 rings (SSSR count). The number of hydrogen-bond donors (Lipinski definition) is 0. The monoisotopic (exact) mass is 156 g/mol. The third kappa shape index (κ3) is 2.53. The Morgan fingerprint density at radius 2 is 2.00 bits per heavy atom. The third-order valence-corrected chi connectivity index (χ3v) is 1.07. The lowest BCUT2D eigenvalue weighted by Crippen LogP contribution is -2.18. The second kappa shape index (κ2) is 2.39. The predicted octanol–water partition coefficient (Wildman–Crippen LogP) is 1.31. The van der Waals surface area contributed by atoms with E-state index in [2.05, 4.69) is 9.47 Å². The number of ether oxygens (including phenoxy) is 2. The molecule has 5 heteroatoms. The van der Waals surface area contributed by atoms with Gasteiger partial charge in [0.25, 0.3) is 0 Å². The molecule has 1 heterocycles. The zero-order valence-corrected chi connectivity index (χ0v) is 5.31. The van der Waals surface area contributed by atoms with Gasteiger partial charge in [-0.1, -0.05) is 0 Å². The molecule has 2 unspecified atom stereocenters. The zero-order valence-electron chi connectivity index (χ0n) is 5.31. The normalized spacial score (nSPS) is 32.4. The minimum absolute atomic E-state index is 0.178. The molecule has 2 nitrogen and oxygen atoms in total. The highest BCUT2D eigenvalue weighted by molar-refractivity contribution is 4.70. The van der Waals surface area contributed by atoms with Gasteiger partial charge in [0.2, 0.25) is 0 Å². The molecule has 0 N–H and O–H groups in total. The van der Waals surface area contributed by atoms with E-state index in [0.717, 1.165) is 0 Å². The van der Waals surface area contributed by atoms with E-state index in [-0.39, 0.29) is 6.10 Å². The first-order valence-corrected chi connectivity index (χ1v) is 2.83. The van der Waals surface area contributed by atoms with Crippen LogP contribution in [0.15, 0.2) is 0 Å². The van der Waals surface area contributed by atoms with Crippen molar-refractivity contribution in [1.29, 1.82) is 0 Å². The van der Waals surface area contributed by atoms with Gasteiger partial charge in [0, 0.05) is 0 Å². The van der Waals surface area contributed by atoms with Crippen molar-refractivity contribution < 1.29 is 22.6 Å². The van der Waals surface area contributed by atoms with Gasteiger partial charge in [-0.05, 0) is 6.92 Å². The van der Waals surface area contributed by atoms with Gasteiger partial charge in [0.05, 0.1) is 0 Å². The van der Waals surface area contributed by atoms with Crippen LogP contribution in [-0.2, 0) is 9.47 Å². The maximum absolute atomic E-state index is 11.4. The van der Waals surface area contributed by atoms with E-state index in [4.69, 9.17) is 0 Å². The highest BCUT2D eigenvalue weighted by Gasteiger charge is 2.39. The van der Waals surface area contributed by atoms with Crippen molar-refractivity contribution in [1.82, 2.24) is 0 Å². The average Bonchev–Trinajstić information content (AvgIpc) is 2.40. The summed E-state index contributed by atoms with van der Waals surface area (Å²) < 4.78 is 43.0. The van der Waals surface area contributed by atoms with E-state index in [1.54, 1.807) is 6.92 Å². The molecule has 0 amide bonds. The Hall–Kier alpha value is -0.290. The highest BCUT2D eigenvalue weighted by Crippen LogP contribution is 2.25. The van der Waals surface area contributed by atoms with Crippen LogP contribution in [0.3, 0.4) is 0 Å². The lowest BCUT2D eigenvalue weighted by atomic mass is 10.5. The van der Waals surface area contributed by atoms with Crippen molar-refractivity contribution in [2.24, 2.45) is 0 Å². The number of epoxide rings is 1. The number of halogens is 3. The molecule has 0 saturated carbocycles. The van der Waals surface area contributed by atoms with Gasteiger partial charge < -0.3 is 9.47 Å². The summed E-state index contributed by atoms with van der Waals surface area (Å²) in [6.45, 7) is 0.434. The first-order chi connectivity index (χ1) is 4.49. The first kappa shape index (κ1) is 7.81. The lowest BCUT2D eigenvalue weighted by Gasteiger charge is -2.03. The van der Waals surface area contributed by atoms with Gasteiger partial charge in [-0.2, -0.15) is 13.2 Å². The van der Waals surface area contributed by atoms with Crippen molar-refractivity contribution in [3.8, 4) is 0 Å². The molecule has 0 spiro atoms. The fraction of sp³-hybridized carbons (Fsp3) is 1.00. The Bertz CT molecular complexity index is 123. The van der Waals surface area contributed by atoms with Crippen LogP contribution in [0.25, 0.3) is 0 Å². The minimum atomic E-state index is -4.24. The second-order valence-corrected chi connectivity index (χ2v) is 2.14. The maximum Gasteiger partial charge on any atom is 0.411 e. The lowest BCUT2D eigenvalue weighted by molar-refractivity contribution is -0.184. The summed E-state index contributed by atoms with van der Waals surface area (Å²) >= 11 is 0. The molecule has 0 aromatic heterocycles. The Morgan fingerprint density at radius 1 is 1.50 bits per heavy atom. The molecule has 0 radical (unpaired) electrons. The summed E-state index contributed by atoms with van der Waals surface area (Å²) in [4.78, 5) is 0. The van der Waals surface area contributed by atoms with Gasteiger partial charge in [0.1, 0.15) is 12.7 Å². The van der Waals surface area contributed by atoms with E-state index >= 15 is 0 Å². The van der Waals surface area contributed by atoms with Crippen LogP contribution in [0.5, 0.6) is 0 Å². The topological polar surface area (TPSA) is 21.8 Å². The summed E-state index contributed by atoms with van der Waals surface area (Å²) in [7, 11) is 0. The van der Waals surface area contributed by atoms with E-state index in [1.165, 1.54) is 0 Å².